The van der Waals surface area contributed by atoms with E-state index in [1.54, 1.807) is 17.9 Å². The van der Waals surface area contributed by atoms with Gasteiger partial charge < -0.3 is 24.4 Å². The molecule has 0 saturated carbocycles. The summed E-state index contributed by atoms with van der Waals surface area (Å²) >= 11 is 0. The molecule has 0 aromatic heterocycles. The Morgan fingerprint density at radius 3 is 2.50 bits per heavy atom. The summed E-state index contributed by atoms with van der Waals surface area (Å²) in [7, 11) is 0. The van der Waals surface area contributed by atoms with E-state index in [0.717, 1.165) is 0 Å². The average Bonchev–Trinajstić information content (AvgIpc) is 3.27. The van der Waals surface area contributed by atoms with Gasteiger partial charge in [0.05, 0.1) is 30.8 Å². The van der Waals surface area contributed by atoms with E-state index in [2.05, 4.69) is 6.58 Å². The van der Waals surface area contributed by atoms with E-state index in [4.69, 9.17) is 9.47 Å². The van der Waals surface area contributed by atoms with Crippen molar-refractivity contribution in [2.24, 2.45) is 17.8 Å². The van der Waals surface area contributed by atoms with Gasteiger partial charge in [0.2, 0.25) is 11.8 Å². The third kappa shape index (κ3) is 3.46. The zero-order valence-electron chi connectivity index (χ0n) is 20.2. The number of amides is 2. The topological polar surface area (TPSA) is 96.4 Å². The van der Waals surface area contributed by atoms with Gasteiger partial charge in [0.25, 0.3) is 0 Å². The molecular formula is C24H38N2O6. The molecule has 3 aliphatic rings. The number of nitrogens with zero attached hydrogens (tertiary/aromatic N) is 2. The Labute approximate surface area is 190 Å². The van der Waals surface area contributed by atoms with Gasteiger partial charge >= 0.3 is 5.97 Å². The predicted octanol–water partition coefficient (Wildman–Crippen LogP) is 1.75. The van der Waals surface area contributed by atoms with Crippen LogP contribution < -0.4 is 0 Å². The Hall–Kier alpha value is -1.93. The quantitative estimate of drug-likeness (QED) is 0.425. The molecule has 2 amide bonds. The third-order valence-corrected chi connectivity index (χ3v) is 7.54. The normalized spacial score (nSPS) is 34.2. The van der Waals surface area contributed by atoms with Crippen LogP contribution in [0.1, 0.15) is 54.4 Å². The van der Waals surface area contributed by atoms with Crippen molar-refractivity contribution >= 4 is 17.8 Å². The maximum Gasteiger partial charge on any atom is 0.312 e. The van der Waals surface area contributed by atoms with Crippen molar-refractivity contribution in [2.45, 2.75) is 83.7 Å². The fourth-order valence-corrected chi connectivity index (χ4v) is 6.06. The fraction of sp³-hybridized carbons (Fsp3) is 0.792. The zero-order chi connectivity index (χ0) is 24.0. The molecule has 8 nitrogen and oxygen atoms in total. The molecule has 0 aliphatic carbocycles. The van der Waals surface area contributed by atoms with Gasteiger partial charge in [-0.05, 0) is 46.5 Å². The fourth-order valence-electron chi connectivity index (χ4n) is 6.06. The van der Waals surface area contributed by atoms with Crippen LogP contribution in [-0.2, 0) is 23.9 Å². The van der Waals surface area contributed by atoms with E-state index >= 15 is 0 Å². The Morgan fingerprint density at radius 2 is 2.00 bits per heavy atom. The lowest BCUT2D eigenvalue weighted by Crippen LogP contribution is -2.60. The van der Waals surface area contributed by atoms with Crippen LogP contribution in [0.15, 0.2) is 12.7 Å². The summed E-state index contributed by atoms with van der Waals surface area (Å²) in [6.45, 7) is 15.3. The molecule has 1 N–H and O–H groups in total. The molecule has 32 heavy (non-hydrogen) atoms. The molecule has 3 fully saturated rings. The first-order valence-corrected chi connectivity index (χ1v) is 11.7. The van der Waals surface area contributed by atoms with Crippen molar-refractivity contribution in [3.63, 3.8) is 0 Å². The SMILES string of the molecule is C=CCN(C(=O)C1N([C@@H](CO)C(C)C)C(=O)[C@@H]2[C@@H](C(=O)OCC)[C@@]3(C)CCC12O3)C(C)C. The molecule has 3 aliphatic heterocycles. The number of aliphatic hydroxyl groups excluding tert-OH is 1. The second kappa shape index (κ2) is 8.78. The van der Waals surface area contributed by atoms with Crippen molar-refractivity contribution in [3.05, 3.63) is 12.7 Å². The molecule has 0 aromatic rings. The molecular weight excluding hydrogens is 412 g/mol. The van der Waals surface area contributed by atoms with E-state index in [1.807, 2.05) is 34.6 Å². The summed E-state index contributed by atoms with van der Waals surface area (Å²) in [5, 5.41) is 10.2. The lowest BCUT2D eigenvalue weighted by Gasteiger charge is -2.41. The summed E-state index contributed by atoms with van der Waals surface area (Å²) in [6.07, 6.45) is 2.72. The molecule has 3 saturated heterocycles. The highest BCUT2D eigenvalue weighted by atomic mass is 16.6. The van der Waals surface area contributed by atoms with Crippen molar-refractivity contribution in [2.75, 3.05) is 19.8 Å². The lowest BCUT2D eigenvalue weighted by molar-refractivity contribution is -0.162. The number of hydrogen-bond acceptors (Lipinski definition) is 6. The van der Waals surface area contributed by atoms with Crippen molar-refractivity contribution < 1.29 is 29.0 Å². The van der Waals surface area contributed by atoms with Gasteiger partial charge in [-0.15, -0.1) is 6.58 Å². The van der Waals surface area contributed by atoms with Crippen LogP contribution in [0.4, 0.5) is 0 Å². The standard InChI is InChI=1S/C24H38N2O6/c1-8-12-25(15(5)6)21(29)19-24-11-10-23(7,32-24)18(22(30)31-9-2)17(24)20(28)26(19)16(13-27)14(3)4/h8,14-19,27H,1,9-13H2,2-7H3/t16-,17-,18-,19?,23+,24?/m0/s1. The van der Waals surface area contributed by atoms with Crippen molar-refractivity contribution in [3.8, 4) is 0 Å². The van der Waals surface area contributed by atoms with Crippen molar-refractivity contribution in [1.29, 1.82) is 0 Å². The van der Waals surface area contributed by atoms with Gasteiger partial charge in [0.1, 0.15) is 17.6 Å². The second-order valence-electron chi connectivity index (χ2n) is 10.1. The first kappa shape index (κ1) is 24.7. The number of hydrogen-bond donors (Lipinski definition) is 1. The van der Waals surface area contributed by atoms with Crippen LogP contribution in [0.5, 0.6) is 0 Å². The number of aliphatic hydroxyl groups is 1. The van der Waals surface area contributed by atoms with Gasteiger partial charge in [-0.2, -0.15) is 0 Å². The molecule has 6 atom stereocenters. The van der Waals surface area contributed by atoms with Crippen molar-refractivity contribution in [1.82, 2.24) is 9.80 Å². The molecule has 180 valence electrons. The van der Waals surface area contributed by atoms with Gasteiger partial charge in [-0.3, -0.25) is 14.4 Å². The summed E-state index contributed by atoms with van der Waals surface area (Å²) < 4.78 is 11.9. The Balaban J connectivity index is 2.16. The molecule has 3 heterocycles. The summed E-state index contributed by atoms with van der Waals surface area (Å²) in [5.41, 5.74) is -1.97. The highest BCUT2D eigenvalue weighted by molar-refractivity contribution is 5.98. The number of esters is 1. The first-order valence-electron chi connectivity index (χ1n) is 11.7. The van der Waals surface area contributed by atoms with Gasteiger partial charge in [-0.25, -0.2) is 0 Å². The zero-order valence-corrected chi connectivity index (χ0v) is 20.2. The summed E-state index contributed by atoms with van der Waals surface area (Å²) in [5.74, 6) is -2.67. The number of rotatable bonds is 9. The van der Waals surface area contributed by atoms with E-state index in [9.17, 15) is 19.5 Å². The molecule has 3 rings (SSSR count). The van der Waals surface area contributed by atoms with Crippen LogP contribution in [0.25, 0.3) is 0 Å². The van der Waals surface area contributed by atoms with E-state index in [0.29, 0.717) is 19.4 Å². The van der Waals surface area contributed by atoms with Crippen LogP contribution in [0.3, 0.4) is 0 Å². The highest BCUT2D eigenvalue weighted by Crippen LogP contribution is 2.63. The Bertz CT molecular complexity index is 782. The largest absolute Gasteiger partial charge is 0.466 e. The van der Waals surface area contributed by atoms with E-state index in [-0.39, 0.29) is 37.0 Å². The third-order valence-electron chi connectivity index (χ3n) is 7.54. The smallest absolute Gasteiger partial charge is 0.312 e. The molecule has 0 radical (unpaired) electrons. The average molecular weight is 451 g/mol. The summed E-state index contributed by atoms with van der Waals surface area (Å²) in [6, 6.07) is -1.59. The molecule has 1 spiro atoms. The van der Waals surface area contributed by atoms with Gasteiger partial charge in [0.15, 0.2) is 0 Å². The molecule has 2 bridgehead atoms. The number of carbonyl (C=O) groups excluding carboxylic acids is 3. The molecule has 8 heteroatoms. The first-order chi connectivity index (χ1) is 15.0. The maximum atomic E-state index is 14.0. The van der Waals surface area contributed by atoms with Crippen LogP contribution in [0, 0.1) is 17.8 Å². The molecule has 0 aromatic carbocycles. The number of fused-ring (bicyclic) bond motifs is 1. The van der Waals surface area contributed by atoms with E-state index in [1.165, 1.54) is 4.90 Å². The van der Waals surface area contributed by atoms with Crippen LogP contribution in [-0.4, -0.2) is 81.8 Å². The van der Waals surface area contributed by atoms with Crippen LogP contribution >= 0.6 is 0 Å². The maximum absolute atomic E-state index is 14.0. The number of carbonyl (C=O) groups is 3. The minimum absolute atomic E-state index is 0.0878. The predicted molar refractivity (Wildman–Crippen MR) is 118 cm³/mol. The van der Waals surface area contributed by atoms with Gasteiger partial charge in [-0.1, -0.05) is 19.9 Å². The monoisotopic (exact) mass is 450 g/mol. The Kier molecular flexibility index (Phi) is 6.78. The minimum atomic E-state index is -1.11. The van der Waals surface area contributed by atoms with Gasteiger partial charge in [0, 0.05) is 12.6 Å². The van der Waals surface area contributed by atoms with Crippen LogP contribution in [0.2, 0.25) is 0 Å². The lowest BCUT2D eigenvalue weighted by atomic mass is 9.66. The number of likely N-dealkylation sites (tertiary alicyclic amines) is 1. The number of ether oxygens (including phenoxy) is 2. The molecule has 2 unspecified atom stereocenters. The summed E-state index contributed by atoms with van der Waals surface area (Å²) in [4.78, 5) is 44.2. The highest BCUT2D eigenvalue weighted by Gasteiger charge is 2.79. The minimum Gasteiger partial charge on any atom is -0.466 e. The Morgan fingerprint density at radius 1 is 1.34 bits per heavy atom. The second-order valence-corrected chi connectivity index (χ2v) is 10.1. The van der Waals surface area contributed by atoms with E-state index < -0.39 is 41.1 Å².